The number of hydrogen-bond acceptors (Lipinski definition) is 6. The average molecular weight is 642 g/mol. The Labute approximate surface area is 267 Å². The molecule has 1 aliphatic carbocycles. The van der Waals surface area contributed by atoms with Gasteiger partial charge in [0.2, 0.25) is 0 Å². The molecule has 0 saturated carbocycles. The van der Waals surface area contributed by atoms with Crippen LogP contribution in [0.2, 0.25) is 0 Å². The number of ether oxygens (including phenoxy) is 1. The largest absolute Gasteiger partial charge is 2.00 e. The normalized spacial score (nSPS) is 17.1. The number of methoxy groups -OCH3 is 1. The Morgan fingerprint density at radius 3 is 2.43 bits per heavy atom. The number of aryl methyl sites for hydroxylation is 2. The summed E-state index contributed by atoms with van der Waals surface area (Å²) in [5.41, 5.74) is 10.6. The van der Waals surface area contributed by atoms with Crippen LogP contribution in [0.1, 0.15) is 100 Å². The monoisotopic (exact) mass is 640 g/mol. The number of esters is 1. The molecule has 0 spiro atoms. The van der Waals surface area contributed by atoms with E-state index in [2.05, 4.69) is 13.5 Å². The second kappa shape index (κ2) is 11.7. The molecule has 3 aromatic heterocycles. The summed E-state index contributed by atoms with van der Waals surface area (Å²) in [6.07, 6.45) is 3.17. The number of carboxylic acid groups (broad SMARTS) is 1. The van der Waals surface area contributed by atoms with E-state index in [0.717, 1.165) is 51.1 Å². The van der Waals surface area contributed by atoms with E-state index in [-0.39, 0.29) is 44.0 Å². The zero-order valence-corrected chi connectivity index (χ0v) is 28.5. The third kappa shape index (κ3) is 4.85. The van der Waals surface area contributed by atoms with Gasteiger partial charge in [0.15, 0.2) is 5.78 Å². The molecule has 10 heteroatoms. The summed E-state index contributed by atoms with van der Waals surface area (Å²) in [5.74, 6) is -3.56. The third-order valence-corrected chi connectivity index (χ3v) is 8.91. The van der Waals surface area contributed by atoms with Crippen molar-refractivity contribution < 1.29 is 43.7 Å². The Hall–Kier alpha value is -4.17. The van der Waals surface area contributed by atoms with Gasteiger partial charge < -0.3 is 19.8 Å². The van der Waals surface area contributed by atoms with Gasteiger partial charge in [-0.2, -0.15) is 0 Å². The first-order valence-electron chi connectivity index (χ1n) is 14.4. The first-order valence-corrected chi connectivity index (χ1v) is 14.4. The maximum Gasteiger partial charge on any atom is 2.00 e. The molecule has 0 amide bonds. The number of ketones is 1. The van der Waals surface area contributed by atoms with Crippen molar-refractivity contribution in [2.24, 2.45) is 0 Å². The summed E-state index contributed by atoms with van der Waals surface area (Å²) in [5, 5.41) is 9.50. The van der Waals surface area contributed by atoms with Crippen molar-refractivity contribution in [2.75, 3.05) is 7.11 Å². The quantitative estimate of drug-likeness (QED) is 0.201. The molecule has 0 radical (unpaired) electrons. The first-order chi connectivity index (χ1) is 20.6. The van der Waals surface area contributed by atoms with Crippen LogP contribution in [0.25, 0.3) is 39.3 Å². The van der Waals surface area contributed by atoms with Crippen LogP contribution in [0.4, 0.5) is 0 Å². The molecule has 2 atom stereocenters. The molecule has 0 saturated heterocycles. The van der Waals surface area contributed by atoms with Crippen molar-refractivity contribution in [1.29, 1.82) is 0 Å². The Morgan fingerprint density at radius 2 is 1.77 bits per heavy atom. The van der Waals surface area contributed by atoms with Crippen LogP contribution in [-0.4, -0.2) is 39.9 Å². The summed E-state index contributed by atoms with van der Waals surface area (Å²) < 4.78 is 5.09. The van der Waals surface area contributed by atoms with Crippen molar-refractivity contribution in [3.8, 4) is 0 Å². The second-order valence-corrected chi connectivity index (χ2v) is 11.3. The summed E-state index contributed by atoms with van der Waals surface area (Å²) in [7, 11) is 1.25. The van der Waals surface area contributed by atoms with Crippen molar-refractivity contribution in [2.45, 2.75) is 65.2 Å². The van der Waals surface area contributed by atoms with Gasteiger partial charge in [0.1, 0.15) is 5.92 Å². The van der Waals surface area contributed by atoms with Crippen molar-refractivity contribution in [1.82, 2.24) is 19.9 Å². The van der Waals surface area contributed by atoms with E-state index < -0.39 is 17.9 Å². The van der Waals surface area contributed by atoms with E-state index in [1.165, 1.54) is 7.11 Å². The number of carbonyl (C=O) groups excluding carboxylic acids is 2. The van der Waals surface area contributed by atoms with E-state index in [4.69, 9.17) is 24.7 Å². The zero-order chi connectivity index (χ0) is 30.7. The van der Waals surface area contributed by atoms with Crippen molar-refractivity contribution in [3.05, 3.63) is 75.4 Å². The number of fused-ring (bicyclic) bond motifs is 8. The van der Waals surface area contributed by atoms with Crippen molar-refractivity contribution in [3.63, 3.8) is 0 Å². The topological polar surface area (TPSA) is 135 Å². The third-order valence-electron chi connectivity index (χ3n) is 8.91. The maximum absolute atomic E-state index is 13.9. The standard InChI is InChI=1S/C34H34N4O5.Zn/c1-7-20-15(3)22-12-19-11-18(9-10-27(39)40)31(35-19)29-30(34(42)43-6)33(41)28-17(5)24(38-32(28)29)14-26-21(8-2)16(4)23(37-26)13-25(20)36-22;/h7,12-14,18,30H,1,8-11H2,2-6H3,(H3,35,36,37,38,39,40,41);/q;+2/p-2/t18-,30+;/m0./s1. The molecule has 0 fully saturated rings. The summed E-state index contributed by atoms with van der Waals surface area (Å²) in [4.78, 5) is 58.4. The SMILES string of the molecule is C=Cc1c(C)c2cc3nc(c4c5[n-]c(cc6nc(cc1[n-]2)C(C)=C6CC)c(C)c5C(=O)[C@@H]4C(=O)OC)[C@@H](CCC(=O)O)C3.[Zn+2]. The first kappa shape index (κ1) is 31.3. The number of nitrogens with zero attached hydrogens (tertiary/aromatic N) is 4. The minimum atomic E-state index is -1.22. The minimum Gasteiger partial charge on any atom is -0.657 e. The molecule has 3 aliphatic rings. The molecule has 3 aromatic rings. The summed E-state index contributed by atoms with van der Waals surface area (Å²) in [6, 6.07) is 5.77. The van der Waals surface area contributed by atoms with E-state index in [9.17, 15) is 19.5 Å². The molecule has 1 N–H and O–H groups in total. The van der Waals surface area contributed by atoms with Gasteiger partial charge in [-0.1, -0.05) is 48.9 Å². The van der Waals surface area contributed by atoms with E-state index in [1.54, 1.807) is 6.08 Å². The smallest absolute Gasteiger partial charge is 0.657 e. The Morgan fingerprint density at radius 1 is 1.07 bits per heavy atom. The van der Waals surface area contributed by atoms with E-state index >= 15 is 0 Å². The molecule has 44 heavy (non-hydrogen) atoms. The fourth-order valence-corrected chi connectivity index (χ4v) is 6.64. The van der Waals surface area contributed by atoms with Gasteiger partial charge >= 0.3 is 31.4 Å². The zero-order valence-electron chi connectivity index (χ0n) is 25.6. The average Bonchev–Trinajstić information content (AvgIpc) is 3.73. The molecular weight excluding hydrogens is 610 g/mol. The van der Waals surface area contributed by atoms with Gasteiger partial charge in [-0.05, 0) is 62.3 Å². The molecule has 6 rings (SSSR count). The molecule has 8 bridgehead atoms. The Kier molecular flexibility index (Phi) is 8.34. The molecule has 9 nitrogen and oxygen atoms in total. The van der Waals surface area contributed by atoms with Gasteiger partial charge in [0.05, 0.1) is 18.5 Å². The molecule has 0 aromatic carbocycles. The molecule has 220 valence electrons. The number of carboxylic acids is 1. The molecule has 0 unspecified atom stereocenters. The van der Waals surface area contributed by atoms with Gasteiger partial charge in [-0.15, -0.1) is 22.1 Å². The maximum atomic E-state index is 13.9. The minimum absolute atomic E-state index is 0. The van der Waals surface area contributed by atoms with Crippen LogP contribution < -0.4 is 9.97 Å². The molecular formula is C34H32N4O5Zn. The van der Waals surface area contributed by atoms with Gasteiger partial charge in [-0.25, -0.2) is 4.98 Å². The predicted molar refractivity (Wildman–Crippen MR) is 164 cm³/mol. The summed E-state index contributed by atoms with van der Waals surface area (Å²) >= 11 is 0. The fraction of sp³-hybridized carbons (Fsp3) is 0.324. The van der Waals surface area contributed by atoms with E-state index in [0.29, 0.717) is 45.5 Å². The Balaban J connectivity index is 0.00000384. The fourth-order valence-electron chi connectivity index (χ4n) is 6.64. The number of rotatable bonds is 6. The number of Topliss-reactive ketones (excluding diaryl/α,β-unsaturated/α-hetero) is 1. The number of aromatic nitrogens is 4. The van der Waals surface area contributed by atoms with E-state index in [1.807, 2.05) is 39.0 Å². The van der Waals surface area contributed by atoms with Gasteiger partial charge in [-0.3, -0.25) is 19.4 Å². The van der Waals surface area contributed by atoms with Crippen LogP contribution in [0.15, 0.2) is 24.8 Å². The summed E-state index contributed by atoms with van der Waals surface area (Å²) in [6.45, 7) is 11.9. The predicted octanol–water partition coefficient (Wildman–Crippen LogP) is 5.82. The number of aliphatic carboxylic acids is 1. The Bertz CT molecular complexity index is 1970. The van der Waals surface area contributed by atoms with Gasteiger partial charge in [0.25, 0.3) is 0 Å². The van der Waals surface area contributed by atoms with Crippen LogP contribution in [0, 0.1) is 13.8 Å². The van der Waals surface area contributed by atoms with Gasteiger partial charge in [0, 0.05) is 29.3 Å². The molecule has 2 aliphatic heterocycles. The van der Waals surface area contributed by atoms with Crippen molar-refractivity contribution >= 4 is 57.0 Å². The van der Waals surface area contributed by atoms with Crippen LogP contribution >= 0.6 is 0 Å². The number of carbonyl (C=O) groups is 3. The molecule has 5 heterocycles. The van der Waals surface area contributed by atoms with Crippen LogP contribution in [0.5, 0.6) is 0 Å². The number of hydrogen-bond donors (Lipinski definition) is 1. The second-order valence-electron chi connectivity index (χ2n) is 11.3. The van der Waals surface area contributed by atoms with Crippen LogP contribution in [-0.2, 0) is 40.2 Å². The number of allylic oxidation sites excluding steroid dienone is 2. The van der Waals surface area contributed by atoms with Crippen LogP contribution in [0.3, 0.4) is 0 Å².